The molecule has 0 fully saturated rings. The van der Waals surface area contributed by atoms with Crippen LogP contribution in [0.1, 0.15) is 34.8 Å². The van der Waals surface area contributed by atoms with Gasteiger partial charge in [-0.2, -0.15) is 0 Å². The maximum Gasteiger partial charge on any atom is 0.373 e. The molecule has 1 atom stereocenters. The minimum atomic E-state index is -0.520. The Morgan fingerprint density at radius 1 is 1.33 bits per heavy atom. The lowest BCUT2D eigenvalue weighted by Crippen LogP contribution is -2.22. The van der Waals surface area contributed by atoms with E-state index in [1.807, 2.05) is 19.1 Å². The summed E-state index contributed by atoms with van der Waals surface area (Å²) in [5, 5.41) is 4.19. The summed E-state index contributed by atoms with van der Waals surface area (Å²) in [7, 11) is 1.31. The van der Waals surface area contributed by atoms with Crippen molar-refractivity contribution in [2.45, 2.75) is 13.0 Å². The Labute approximate surface area is 133 Å². The summed E-state index contributed by atoms with van der Waals surface area (Å²) in [6.07, 6.45) is 0. The second kappa shape index (κ2) is 6.98. The van der Waals surface area contributed by atoms with Gasteiger partial charge in [-0.05, 0) is 30.3 Å². The number of halogens is 2. The molecule has 21 heavy (non-hydrogen) atoms. The normalized spacial score (nSPS) is 12.2. The van der Waals surface area contributed by atoms with Crippen molar-refractivity contribution < 1.29 is 13.9 Å². The first-order valence-corrected chi connectivity index (χ1v) is 7.19. The van der Waals surface area contributed by atoms with E-state index >= 15 is 0 Å². The lowest BCUT2D eigenvalue weighted by Gasteiger charge is -2.18. The fourth-order valence-corrected chi connectivity index (χ4v) is 2.45. The molecule has 1 heterocycles. The van der Waals surface area contributed by atoms with Gasteiger partial charge in [-0.25, -0.2) is 4.79 Å². The molecule has 0 saturated carbocycles. The fourth-order valence-electron chi connectivity index (χ4n) is 2.03. The molecule has 0 aliphatic carbocycles. The molecule has 2 rings (SSSR count). The number of hydrogen-bond acceptors (Lipinski definition) is 4. The third-order valence-corrected chi connectivity index (χ3v) is 3.83. The average molecular weight is 328 g/mol. The highest BCUT2D eigenvalue weighted by atomic mass is 35.5. The monoisotopic (exact) mass is 327 g/mol. The van der Waals surface area contributed by atoms with Crippen LogP contribution < -0.4 is 5.32 Å². The molecule has 0 spiro atoms. The number of methoxy groups -OCH3 is 1. The van der Waals surface area contributed by atoms with Gasteiger partial charge in [-0.3, -0.25) is 0 Å². The molecule has 1 aromatic carbocycles. The minimum absolute atomic E-state index is 0.147. The molecule has 0 saturated heterocycles. The summed E-state index contributed by atoms with van der Waals surface area (Å²) >= 11 is 12.3. The SMILES string of the molecule is CCNC(c1ccc(C(=O)OC)o1)c1cccc(Cl)c1Cl. The molecule has 6 heteroatoms. The third kappa shape index (κ3) is 3.40. The van der Waals surface area contributed by atoms with Crippen LogP contribution in [0.5, 0.6) is 0 Å². The Kier molecular flexibility index (Phi) is 5.28. The van der Waals surface area contributed by atoms with Gasteiger partial charge < -0.3 is 14.5 Å². The summed E-state index contributed by atoms with van der Waals surface area (Å²) in [4.78, 5) is 11.5. The maximum atomic E-state index is 11.5. The van der Waals surface area contributed by atoms with Crippen molar-refractivity contribution >= 4 is 29.2 Å². The number of esters is 1. The molecule has 0 aliphatic rings. The zero-order chi connectivity index (χ0) is 15.4. The van der Waals surface area contributed by atoms with Crippen LogP contribution in [-0.2, 0) is 4.74 Å². The van der Waals surface area contributed by atoms with E-state index in [0.29, 0.717) is 22.4 Å². The minimum Gasteiger partial charge on any atom is -0.463 e. The third-order valence-electron chi connectivity index (χ3n) is 3.00. The molecule has 2 aromatic rings. The predicted molar refractivity (Wildman–Crippen MR) is 82.0 cm³/mol. The number of carbonyl (C=O) groups is 1. The van der Waals surface area contributed by atoms with Crippen molar-refractivity contribution in [3.05, 3.63) is 57.5 Å². The molecule has 0 aliphatic heterocycles. The number of benzene rings is 1. The Hall–Kier alpha value is -1.49. The molecule has 112 valence electrons. The molecular weight excluding hydrogens is 313 g/mol. The molecular formula is C15H15Cl2NO3. The van der Waals surface area contributed by atoms with Crippen LogP contribution in [0.4, 0.5) is 0 Å². The van der Waals surface area contributed by atoms with E-state index in [1.54, 1.807) is 18.2 Å². The van der Waals surface area contributed by atoms with Crippen LogP contribution in [0.2, 0.25) is 10.0 Å². The standard InChI is InChI=1S/C15H15Cl2NO3/c1-3-18-14(9-5-4-6-10(16)13(9)17)11-7-8-12(21-11)15(19)20-2/h4-8,14,18H,3H2,1-2H3. The maximum absolute atomic E-state index is 11.5. The number of furan rings is 1. The highest BCUT2D eigenvalue weighted by Crippen LogP contribution is 2.33. The Bertz CT molecular complexity index is 640. The quantitative estimate of drug-likeness (QED) is 0.841. The van der Waals surface area contributed by atoms with Crippen LogP contribution in [0.3, 0.4) is 0 Å². The van der Waals surface area contributed by atoms with Crippen molar-refractivity contribution in [2.24, 2.45) is 0 Å². The van der Waals surface area contributed by atoms with Crippen LogP contribution >= 0.6 is 23.2 Å². The second-order valence-electron chi connectivity index (χ2n) is 4.33. The molecule has 1 unspecified atom stereocenters. The van der Waals surface area contributed by atoms with Crippen molar-refractivity contribution in [1.82, 2.24) is 5.32 Å². The summed E-state index contributed by atoms with van der Waals surface area (Å²) < 4.78 is 10.2. The Morgan fingerprint density at radius 3 is 2.76 bits per heavy atom. The van der Waals surface area contributed by atoms with Gasteiger partial charge in [-0.1, -0.05) is 42.3 Å². The smallest absolute Gasteiger partial charge is 0.373 e. The van der Waals surface area contributed by atoms with E-state index in [0.717, 1.165) is 5.56 Å². The number of hydrogen-bond donors (Lipinski definition) is 1. The van der Waals surface area contributed by atoms with Gasteiger partial charge in [0.05, 0.1) is 23.2 Å². The van der Waals surface area contributed by atoms with E-state index in [1.165, 1.54) is 7.11 Å². The van der Waals surface area contributed by atoms with Crippen molar-refractivity contribution in [2.75, 3.05) is 13.7 Å². The molecule has 0 amide bonds. The lowest BCUT2D eigenvalue weighted by molar-refractivity contribution is 0.0562. The van der Waals surface area contributed by atoms with Crippen molar-refractivity contribution in [1.29, 1.82) is 0 Å². The van der Waals surface area contributed by atoms with Crippen molar-refractivity contribution in [3.8, 4) is 0 Å². The van der Waals surface area contributed by atoms with E-state index in [9.17, 15) is 4.79 Å². The van der Waals surface area contributed by atoms with E-state index < -0.39 is 5.97 Å². The van der Waals surface area contributed by atoms with Gasteiger partial charge >= 0.3 is 5.97 Å². The summed E-state index contributed by atoms with van der Waals surface area (Å²) in [5.74, 6) is 0.198. The molecule has 1 N–H and O–H groups in total. The molecule has 0 radical (unpaired) electrons. The van der Waals surface area contributed by atoms with Gasteiger partial charge in [0, 0.05) is 0 Å². The molecule has 1 aromatic heterocycles. The Morgan fingerprint density at radius 2 is 2.10 bits per heavy atom. The zero-order valence-corrected chi connectivity index (χ0v) is 13.2. The van der Waals surface area contributed by atoms with E-state index in [2.05, 4.69) is 10.1 Å². The second-order valence-corrected chi connectivity index (χ2v) is 5.11. The molecule has 4 nitrogen and oxygen atoms in total. The highest BCUT2D eigenvalue weighted by molar-refractivity contribution is 6.42. The van der Waals surface area contributed by atoms with Crippen LogP contribution in [0.25, 0.3) is 0 Å². The number of rotatable bonds is 5. The first kappa shape index (κ1) is 15.9. The first-order valence-electron chi connectivity index (χ1n) is 6.43. The van der Waals surface area contributed by atoms with E-state index in [4.69, 9.17) is 27.6 Å². The average Bonchev–Trinajstić information content (AvgIpc) is 2.97. The number of carbonyl (C=O) groups excluding carboxylic acids is 1. The van der Waals surface area contributed by atoms with Gasteiger partial charge in [0.2, 0.25) is 5.76 Å². The zero-order valence-electron chi connectivity index (χ0n) is 11.7. The van der Waals surface area contributed by atoms with Gasteiger partial charge in [0.15, 0.2) is 0 Å². The van der Waals surface area contributed by atoms with Crippen LogP contribution in [-0.4, -0.2) is 19.6 Å². The van der Waals surface area contributed by atoms with Gasteiger partial charge in [-0.15, -0.1) is 0 Å². The summed E-state index contributed by atoms with van der Waals surface area (Å²) in [6.45, 7) is 2.66. The van der Waals surface area contributed by atoms with Crippen molar-refractivity contribution in [3.63, 3.8) is 0 Å². The Balaban J connectivity index is 2.41. The first-order chi connectivity index (χ1) is 10.1. The topological polar surface area (TPSA) is 51.5 Å². The summed E-state index contributed by atoms with van der Waals surface area (Å²) in [6, 6.07) is 8.40. The lowest BCUT2D eigenvalue weighted by atomic mass is 10.0. The molecule has 0 bridgehead atoms. The highest BCUT2D eigenvalue weighted by Gasteiger charge is 2.22. The van der Waals surface area contributed by atoms with Gasteiger partial charge in [0.25, 0.3) is 0 Å². The van der Waals surface area contributed by atoms with Crippen LogP contribution in [0.15, 0.2) is 34.7 Å². The predicted octanol–water partition coefficient (Wildman–Crippen LogP) is 4.07. The largest absolute Gasteiger partial charge is 0.463 e. The van der Waals surface area contributed by atoms with E-state index in [-0.39, 0.29) is 11.8 Å². The number of ether oxygens (including phenoxy) is 1. The summed E-state index contributed by atoms with van der Waals surface area (Å²) in [5.41, 5.74) is 0.789. The fraction of sp³-hybridized carbons (Fsp3) is 0.267. The van der Waals surface area contributed by atoms with Gasteiger partial charge in [0.1, 0.15) is 5.76 Å². The van der Waals surface area contributed by atoms with Crippen LogP contribution in [0, 0.1) is 0 Å². The number of nitrogens with one attached hydrogen (secondary N) is 1.